The molecule has 2 aromatic carbocycles. The number of nitro benzene ring substituents is 1. The molecule has 0 aromatic heterocycles. The van der Waals surface area contributed by atoms with E-state index in [1.54, 1.807) is 12.1 Å². The molecular formula is C22H26N2O6. The van der Waals surface area contributed by atoms with Crippen LogP contribution in [0.25, 0.3) is 0 Å². The largest absolute Gasteiger partial charge is 0.496 e. The number of ether oxygens (including phenoxy) is 2. The van der Waals surface area contributed by atoms with E-state index in [9.17, 15) is 19.7 Å². The second-order valence-electron chi connectivity index (χ2n) is 7.83. The number of nitrogens with zero attached hydrogens (tertiary/aromatic N) is 1. The molecule has 1 amide bonds. The van der Waals surface area contributed by atoms with Crippen LogP contribution < -0.4 is 10.1 Å². The van der Waals surface area contributed by atoms with Gasteiger partial charge in [0.25, 0.3) is 11.6 Å². The van der Waals surface area contributed by atoms with Crippen molar-refractivity contribution in [2.24, 2.45) is 0 Å². The van der Waals surface area contributed by atoms with E-state index in [4.69, 9.17) is 9.47 Å². The van der Waals surface area contributed by atoms with Crippen molar-refractivity contribution in [3.8, 4) is 5.75 Å². The van der Waals surface area contributed by atoms with Crippen molar-refractivity contribution in [1.29, 1.82) is 0 Å². The molecule has 0 aliphatic heterocycles. The summed E-state index contributed by atoms with van der Waals surface area (Å²) in [6.07, 6.45) is -0.0245. The number of esters is 1. The van der Waals surface area contributed by atoms with E-state index in [0.717, 1.165) is 5.56 Å². The Morgan fingerprint density at radius 1 is 1.10 bits per heavy atom. The molecular weight excluding hydrogens is 388 g/mol. The third kappa shape index (κ3) is 5.56. The van der Waals surface area contributed by atoms with Crippen LogP contribution in [0.3, 0.4) is 0 Å². The van der Waals surface area contributed by atoms with Gasteiger partial charge in [-0.15, -0.1) is 0 Å². The average molecular weight is 414 g/mol. The number of amides is 1. The monoisotopic (exact) mass is 414 g/mol. The number of carbonyl (C=O) groups excluding carboxylic acids is 2. The number of non-ortho nitro benzene ring substituents is 1. The van der Waals surface area contributed by atoms with Crippen LogP contribution in [0.5, 0.6) is 5.75 Å². The lowest BCUT2D eigenvalue weighted by molar-refractivity contribution is -0.384. The molecule has 0 heterocycles. The molecule has 0 saturated heterocycles. The van der Waals surface area contributed by atoms with Gasteiger partial charge in [-0.05, 0) is 29.2 Å². The van der Waals surface area contributed by atoms with Crippen molar-refractivity contribution in [2.75, 3.05) is 14.2 Å². The van der Waals surface area contributed by atoms with Crippen LogP contribution in [0.2, 0.25) is 0 Å². The number of hydrogen-bond donors (Lipinski definition) is 1. The van der Waals surface area contributed by atoms with Gasteiger partial charge in [-0.1, -0.05) is 32.9 Å². The van der Waals surface area contributed by atoms with Crippen LogP contribution >= 0.6 is 0 Å². The molecule has 1 N–H and O–H groups in total. The van der Waals surface area contributed by atoms with Crippen LogP contribution in [0.4, 0.5) is 5.69 Å². The highest BCUT2D eigenvalue weighted by Gasteiger charge is 2.25. The Labute approximate surface area is 175 Å². The quantitative estimate of drug-likeness (QED) is 0.423. The minimum Gasteiger partial charge on any atom is -0.496 e. The number of nitrogens with one attached hydrogen (secondary N) is 1. The lowest BCUT2D eigenvalue weighted by Gasteiger charge is -2.20. The van der Waals surface area contributed by atoms with Crippen molar-refractivity contribution in [3.05, 3.63) is 69.3 Å². The summed E-state index contributed by atoms with van der Waals surface area (Å²) in [4.78, 5) is 35.5. The van der Waals surface area contributed by atoms with E-state index in [1.165, 1.54) is 32.4 Å². The highest BCUT2D eigenvalue weighted by atomic mass is 16.6. The Balaban J connectivity index is 2.27. The van der Waals surface area contributed by atoms with Gasteiger partial charge in [0.15, 0.2) is 0 Å². The third-order valence-electron chi connectivity index (χ3n) is 4.70. The summed E-state index contributed by atoms with van der Waals surface area (Å²) in [6.45, 7) is 6.21. The summed E-state index contributed by atoms with van der Waals surface area (Å²) < 4.78 is 10.0. The number of methoxy groups -OCH3 is 2. The van der Waals surface area contributed by atoms with Crippen molar-refractivity contribution >= 4 is 17.6 Å². The predicted octanol–water partition coefficient (Wildman–Crippen LogP) is 3.42. The smallest absolute Gasteiger partial charge is 0.328 e. The van der Waals surface area contributed by atoms with Crippen LogP contribution in [-0.2, 0) is 21.4 Å². The lowest BCUT2D eigenvalue weighted by Crippen LogP contribution is -2.43. The van der Waals surface area contributed by atoms with Gasteiger partial charge in [0.1, 0.15) is 11.8 Å². The fourth-order valence-electron chi connectivity index (χ4n) is 2.96. The zero-order valence-corrected chi connectivity index (χ0v) is 17.7. The highest BCUT2D eigenvalue weighted by Crippen LogP contribution is 2.26. The molecule has 1 atom stereocenters. The summed E-state index contributed by atoms with van der Waals surface area (Å²) >= 11 is 0. The van der Waals surface area contributed by atoms with Crippen LogP contribution in [-0.4, -0.2) is 37.1 Å². The first-order valence-corrected chi connectivity index (χ1v) is 9.37. The minimum absolute atomic E-state index is 0.0245. The highest BCUT2D eigenvalue weighted by molar-refractivity contribution is 5.96. The van der Waals surface area contributed by atoms with Gasteiger partial charge in [0.2, 0.25) is 0 Å². The van der Waals surface area contributed by atoms with E-state index in [2.05, 4.69) is 26.1 Å². The minimum atomic E-state index is -1.04. The molecule has 0 saturated carbocycles. The number of hydrogen-bond acceptors (Lipinski definition) is 6. The molecule has 0 radical (unpaired) electrons. The maximum absolute atomic E-state index is 12.7. The Morgan fingerprint density at radius 2 is 1.73 bits per heavy atom. The van der Waals surface area contributed by atoms with Crippen LogP contribution in [0, 0.1) is 10.1 Å². The SMILES string of the molecule is COC(=O)[C@H](Cc1cc([N+](=O)[O-])ccc1OC)NC(=O)c1ccc(C(C)(C)C)cc1. The van der Waals surface area contributed by atoms with Gasteiger partial charge >= 0.3 is 5.97 Å². The van der Waals surface area contributed by atoms with Crippen molar-refractivity contribution < 1.29 is 24.0 Å². The summed E-state index contributed by atoms with van der Waals surface area (Å²) in [5.41, 5.74) is 1.68. The van der Waals surface area contributed by atoms with Crippen molar-refractivity contribution in [3.63, 3.8) is 0 Å². The summed E-state index contributed by atoms with van der Waals surface area (Å²) in [5, 5.41) is 13.7. The Morgan fingerprint density at radius 3 is 2.23 bits per heavy atom. The molecule has 0 aliphatic rings. The topological polar surface area (TPSA) is 108 Å². The van der Waals surface area contributed by atoms with Gasteiger partial charge < -0.3 is 14.8 Å². The molecule has 0 unspecified atom stereocenters. The zero-order chi connectivity index (χ0) is 22.5. The van der Waals surface area contributed by atoms with Gasteiger partial charge in [0.05, 0.1) is 19.1 Å². The second kappa shape index (κ2) is 9.39. The number of benzene rings is 2. The normalized spacial score (nSPS) is 12.0. The van der Waals surface area contributed by atoms with E-state index in [1.807, 2.05) is 12.1 Å². The van der Waals surface area contributed by atoms with E-state index in [0.29, 0.717) is 16.9 Å². The summed E-state index contributed by atoms with van der Waals surface area (Å²) in [6, 6.07) is 10.2. The van der Waals surface area contributed by atoms with Gasteiger partial charge in [-0.3, -0.25) is 14.9 Å². The van der Waals surface area contributed by atoms with Gasteiger partial charge in [0, 0.05) is 29.7 Å². The number of rotatable bonds is 7. The Kier molecular flexibility index (Phi) is 7.15. The second-order valence-corrected chi connectivity index (χ2v) is 7.83. The average Bonchev–Trinajstić information content (AvgIpc) is 2.71. The molecule has 30 heavy (non-hydrogen) atoms. The maximum Gasteiger partial charge on any atom is 0.328 e. The van der Waals surface area contributed by atoms with Crippen molar-refractivity contribution in [2.45, 2.75) is 38.6 Å². The molecule has 0 spiro atoms. The molecule has 8 nitrogen and oxygen atoms in total. The molecule has 160 valence electrons. The van der Waals surface area contributed by atoms with Crippen LogP contribution in [0.1, 0.15) is 42.3 Å². The zero-order valence-electron chi connectivity index (χ0n) is 17.7. The standard InChI is InChI=1S/C22H26N2O6/c1-22(2,3)16-8-6-14(7-9-16)20(25)23-18(21(26)30-5)13-15-12-17(24(27)28)10-11-19(15)29-4/h6-12,18H,13H2,1-5H3,(H,23,25)/t18-/m0/s1. The molecule has 8 heteroatoms. The fourth-order valence-corrected chi connectivity index (χ4v) is 2.96. The number of carbonyl (C=O) groups is 2. The van der Waals surface area contributed by atoms with Crippen molar-refractivity contribution in [1.82, 2.24) is 5.32 Å². The number of nitro groups is 1. The first-order chi connectivity index (χ1) is 14.1. The van der Waals surface area contributed by atoms with E-state index < -0.39 is 22.8 Å². The Hall–Kier alpha value is -3.42. The first-order valence-electron chi connectivity index (χ1n) is 9.37. The first kappa shape index (κ1) is 22.9. The maximum atomic E-state index is 12.7. The molecule has 0 bridgehead atoms. The van der Waals surface area contributed by atoms with E-state index >= 15 is 0 Å². The lowest BCUT2D eigenvalue weighted by atomic mass is 9.86. The predicted molar refractivity (Wildman–Crippen MR) is 112 cm³/mol. The molecule has 0 fully saturated rings. The fraction of sp³-hybridized carbons (Fsp3) is 0.364. The van der Waals surface area contributed by atoms with E-state index in [-0.39, 0.29) is 17.5 Å². The summed E-state index contributed by atoms with van der Waals surface area (Å²) in [5.74, 6) is -0.739. The molecule has 0 aliphatic carbocycles. The van der Waals surface area contributed by atoms with Gasteiger partial charge in [-0.25, -0.2) is 4.79 Å². The van der Waals surface area contributed by atoms with Crippen LogP contribution in [0.15, 0.2) is 42.5 Å². The molecule has 2 rings (SSSR count). The molecule has 2 aromatic rings. The third-order valence-corrected chi connectivity index (χ3v) is 4.70. The summed E-state index contributed by atoms with van der Waals surface area (Å²) in [7, 11) is 2.64. The Bertz CT molecular complexity index is 932. The van der Waals surface area contributed by atoms with Gasteiger partial charge in [-0.2, -0.15) is 0 Å².